The highest BCUT2D eigenvalue weighted by Crippen LogP contribution is 2.32. The van der Waals surface area contributed by atoms with Gasteiger partial charge in [0.1, 0.15) is 0 Å². The summed E-state index contributed by atoms with van der Waals surface area (Å²) < 4.78 is 39.0. The van der Waals surface area contributed by atoms with E-state index >= 15 is 0 Å². The number of hydrogen-bond acceptors (Lipinski definition) is 3. The third kappa shape index (κ3) is 5.21. The molecule has 2 rings (SSSR count). The van der Waals surface area contributed by atoms with E-state index in [9.17, 15) is 18.0 Å². The predicted octanol–water partition coefficient (Wildman–Crippen LogP) is 1.96. The Labute approximate surface area is 134 Å². The number of alkyl halides is 3. The number of nitrogens with one attached hydrogen (secondary N) is 1. The normalized spacial score (nSPS) is 17.2. The van der Waals surface area contributed by atoms with E-state index < -0.39 is 11.7 Å². The molecule has 1 saturated heterocycles. The maximum atomic E-state index is 13.0. The van der Waals surface area contributed by atoms with Crippen LogP contribution in [0.15, 0.2) is 24.3 Å². The van der Waals surface area contributed by atoms with Crippen molar-refractivity contribution in [2.24, 2.45) is 0 Å². The number of likely N-dealkylation sites (N-methyl/N-ethyl adjacent to an activating group) is 1. The highest BCUT2D eigenvalue weighted by molar-refractivity contribution is 5.77. The molecule has 7 heteroatoms. The standard InChI is InChI=1S/C16H22F3N3O/c1-2-20-15(23)12-22-9-7-21(8-10-22)11-13-5-3-4-6-14(13)16(17,18)19/h3-6H,2,7-12H2,1H3,(H,20,23). The number of amides is 1. The van der Waals surface area contributed by atoms with Crippen molar-refractivity contribution in [3.8, 4) is 0 Å². The predicted molar refractivity (Wildman–Crippen MR) is 81.8 cm³/mol. The van der Waals surface area contributed by atoms with Crippen LogP contribution in [0.3, 0.4) is 0 Å². The van der Waals surface area contributed by atoms with E-state index in [2.05, 4.69) is 5.32 Å². The minimum absolute atomic E-state index is 0.0108. The van der Waals surface area contributed by atoms with Gasteiger partial charge in [0.25, 0.3) is 0 Å². The van der Waals surface area contributed by atoms with Crippen LogP contribution in [-0.2, 0) is 17.5 Å². The van der Waals surface area contributed by atoms with E-state index in [1.165, 1.54) is 12.1 Å². The summed E-state index contributed by atoms with van der Waals surface area (Å²) in [6.45, 7) is 5.79. The van der Waals surface area contributed by atoms with Crippen molar-refractivity contribution in [3.63, 3.8) is 0 Å². The number of piperazine rings is 1. The second kappa shape index (κ2) is 7.79. The summed E-state index contributed by atoms with van der Waals surface area (Å²) in [4.78, 5) is 15.6. The monoisotopic (exact) mass is 329 g/mol. The van der Waals surface area contributed by atoms with E-state index in [1.54, 1.807) is 6.07 Å². The molecule has 0 unspecified atom stereocenters. The van der Waals surface area contributed by atoms with Crippen LogP contribution < -0.4 is 5.32 Å². The molecule has 0 aromatic heterocycles. The van der Waals surface area contributed by atoms with Gasteiger partial charge in [-0.25, -0.2) is 0 Å². The SMILES string of the molecule is CCNC(=O)CN1CCN(Cc2ccccc2C(F)(F)F)CC1. The van der Waals surface area contributed by atoms with Crippen molar-refractivity contribution >= 4 is 5.91 Å². The van der Waals surface area contributed by atoms with Gasteiger partial charge in [-0.1, -0.05) is 18.2 Å². The molecule has 1 aromatic rings. The molecule has 1 aliphatic heterocycles. The second-order valence-corrected chi connectivity index (χ2v) is 5.66. The summed E-state index contributed by atoms with van der Waals surface area (Å²) in [5.74, 6) is -0.0108. The van der Waals surface area contributed by atoms with Gasteiger partial charge in [-0.15, -0.1) is 0 Å². The summed E-state index contributed by atoms with van der Waals surface area (Å²) in [7, 11) is 0. The summed E-state index contributed by atoms with van der Waals surface area (Å²) in [6, 6.07) is 5.71. The van der Waals surface area contributed by atoms with E-state index in [-0.39, 0.29) is 12.5 Å². The minimum atomic E-state index is -4.32. The fourth-order valence-electron chi connectivity index (χ4n) is 2.74. The molecule has 0 atom stereocenters. The van der Waals surface area contributed by atoms with Gasteiger partial charge in [0.05, 0.1) is 12.1 Å². The summed E-state index contributed by atoms with van der Waals surface area (Å²) in [6.07, 6.45) is -4.32. The molecule has 0 aliphatic carbocycles. The first kappa shape index (κ1) is 17.7. The van der Waals surface area contributed by atoms with Gasteiger partial charge >= 0.3 is 6.18 Å². The van der Waals surface area contributed by atoms with Gasteiger partial charge in [-0.3, -0.25) is 14.6 Å². The smallest absolute Gasteiger partial charge is 0.355 e. The number of carbonyl (C=O) groups is 1. The van der Waals surface area contributed by atoms with Gasteiger partial charge < -0.3 is 5.32 Å². The molecule has 0 saturated carbocycles. The first-order valence-electron chi connectivity index (χ1n) is 7.76. The lowest BCUT2D eigenvalue weighted by Crippen LogP contribution is -2.49. The van der Waals surface area contributed by atoms with Gasteiger partial charge in [0, 0.05) is 39.3 Å². The van der Waals surface area contributed by atoms with Gasteiger partial charge in [0.2, 0.25) is 5.91 Å². The molecule has 4 nitrogen and oxygen atoms in total. The molecule has 1 fully saturated rings. The van der Waals surface area contributed by atoms with Crippen molar-refractivity contribution in [1.82, 2.24) is 15.1 Å². The molecular weight excluding hydrogens is 307 g/mol. The number of halogens is 3. The largest absolute Gasteiger partial charge is 0.416 e. The number of carbonyl (C=O) groups excluding carboxylic acids is 1. The van der Waals surface area contributed by atoms with Gasteiger partial charge in [-0.05, 0) is 18.6 Å². The third-order valence-electron chi connectivity index (χ3n) is 3.92. The molecular formula is C16H22F3N3O. The first-order valence-corrected chi connectivity index (χ1v) is 7.76. The Bertz CT molecular complexity index is 526. The van der Waals surface area contributed by atoms with Gasteiger partial charge in [-0.2, -0.15) is 13.2 Å². The number of hydrogen-bond donors (Lipinski definition) is 1. The third-order valence-corrected chi connectivity index (χ3v) is 3.92. The van der Waals surface area contributed by atoms with Crippen LogP contribution in [-0.4, -0.2) is 55.0 Å². The quantitative estimate of drug-likeness (QED) is 0.897. The van der Waals surface area contributed by atoms with E-state index in [0.29, 0.717) is 44.8 Å². The molecule has 0 bridgehead atoms. The highest BCUT2D eigenvalue weighted by Gasteiger charge is 2.33. The maximum Gasteiger partial charge on any atom is 0.416 e. The average molecular weight is 329 g/mol. The van der Waals surface area contributed by atoms with E-state index in [0.717, 1.165) is 6.07 Å². The molecule has 1 amide bonds. The molecule has 1 heterocycles. The average Bonchev–Trinajstić information content (AvgIpc) is 2.49. The highest BCUT2D eigenvalue weighted by atomic mass is 19.4. The Morgan fingerprint density at radius 1 is 1.13 bits per heavy atom. The van der Waals surface area contributed by atoms with E-state index in [1.807, 2.05) is 16.7 Å². The molecule has 0 spiro atoms. The first-order chi connectivity index (χ1) is 10.9. The Balaban J connectivity index is 1.89. The van der Waals surface area contributed by atoms with Gasteiger partial charge in [0.15, 0.2) is 0 Å². The lowest BCUT2D eigenvalue weighted by molar-refractivity contribution is -0.138. The van der Waals surface area contributed by atoms with Crippen LogP contribution in [0.2, 0.25) is 0 Å². The Morgan fingerprint density at radius 3 is 2.35 bits per heavy atom. The zero-order valence-electron chi connectivity index (χ0n) is 13.2. The van der Waals surface area contributed by atoms with Crippen LogP contribution >= 0.6 is 0 Å². The van der Waals surface area contributed by atoms with Crippen molar-refractivity contribution in [2.75, 3.05) is 39.3 Å². The van der Waals surface area contributed by atoms with Crippen LogP contribution in [0.4, 0.5) is 13.2 Å². The van der Waals surface area contributed by atoms with Crippen molar-refractivity contribution in [1.29, 1.82) is 0 Å². The zero-order valence-corrected chi connectivity index (χ0v) is 13.2. The number of rotatable bonds is 5. The zero-order chi connectivity index (χ0) is 16.9. The Kier molecular flexibility index (Phi) is 6.01. The van der Waals surface area contributed by atoms with Crippen molar-refractivity contribution in [3.05, 3.63) is 35.4 Å². The van der Waals surface area contributed by atoms with Crippen molar-refractivity contribution in [2.45, 2.75) is 19.6 Å². The lowest BCUT2D eigenvalue weighted by atomic mass is 10.1. The molecule has 0 radical (unpaired) electrons. The molecule has 128 valence electrons. The minimum Gasteiger partial charge on any atom is -0.355 e. The number of benzene rings is 1. The maximum absolute atomic E-state index is 13.0. The van der Waals surface area contributed by atoms with Crippen LogP contribution in [0.25, 0.3) is 0 Å². The fourth-order valence-corrected chi connectivity index (χ4v) is 2.74. The summed E-state index contributed by atoms with van der Waals surface area (Å²) in [5, 5.41) is 2.75. The van der Waals surface area contributed by atoms with Crippen molar-refractivity contribution < 1.29 is 18.0 Å². The number of nitrogens with zero attached hydrogens (tertiary/aromatic N) is 2. The lowest BCUT2D eigenvalue weighted by Gasteiger charge is -2.34. The summed E-state index contributed by atoms with van der Waals surface area (Å²) in [5.41, 5.74) is -0.262. The Hall–Kier alpha value is -1.60. The Morgan fingerprint density at radius 2 is 1.74 bits per heavy atom. The second-order valence-electron chi connectivity index (χ2n) is 5.66. The molecule has 1 aliphatic rings. The van der Waals surface area contributed by atoms with Crippen LogP contribution in [0.5, 0.6) is 0 Å². The molecule has 1 N–H and O–H groups in total. The van der Waals surface area contributed by atoms with Crippen LogP contribution in [0.1, 0.15) is 18.1 Å². The summed E-state index contributed by atoms with van der Waals surface area (Å²) >= 11 is 0. The molecule has 1 aromatic carbocycles. The van der Waals surface area contributed by atoms with E-state index in [4.69, 9.17) is 0 Å². The fraction of sp³-hybridized carbons (Fsp3) is 0.562. The van der Waals surface area contributed by atoms with Crippen LogP contribution in [0, 0.1) is 0 Å². The topological polar surface area (TPSA) is 35.6 Å². The molecule has 23 heavy (non-hydrogen) atoms.